The third kappa shape index (κ3) is 3.09. The predicted octanol–water partition coefficient (Wildman–Crippen LogP) is 1.30. The Morgan fingerprint density at radius 3 is 3.00 bits per heavy atom. The molecule has 1 atom stereocenters. The topological polar surface area (TPSA) is 67.7 Å². The molecule has 0 aliphatic carbocycles. The average molecular weight is 340 g/mol. The van der Waals surface area contributed by atoms with Gasteiger partial charge in [0.05, 0.1) is 18.3 Å². The van der Waals surface area contributed by atoms with Crippen LogP contribution in [0.2, 0.25) is 0 Å². The van der Waals surface area contributed by atoms with Crippen molar-refractivity contribution in [3.8, 4) is 5.75 Å². The Hall–Kier alpha value is -2.83. The highest BCUT2D eigenvalue weighted by Crippen LogP contribution is 2.31. The number of ether oxygens (including phenoxy) is 1. The quantitative estimate of drug-likeness (QED) is 0.841. The van der Waals surface area contributed by atoms with E-state index in [1.54, 1.807) is 6.20 Å². The monoisotopic (exact) mass is 340 g/mol. The number of aromatic nitrogens is 2. The number of hydrogen-bond donors (Lipinski definition) is 0. The van der Waals surface area contributed by atoms with Gasteiger partial charge in [-0.05, 0) is 31.0 Å². The van der Waals surface area contributed by atoms with E-state index in [1.165, 1.54) is 4.90 Å². The van der Waals surface area contributed by atoms with Gasteiger partial charge in [-0.1, -0.05) is 12.1 Å². The van der Waals surface area contributed by atoms with Crippen LogP contribution in [-0.4, -0.2) is 52.2 Å². The molecule has 1 saturated heterocycles. The summed E-state index contributed by atoms with van der Waals surface area (Å²) >= 11 is 0. The summed E-state index contributed by atoms with van der Waals surface area (Å²) < 4.78 is 7.29. The van der Waals surface area contributed by atoms with E-state index in [0.29, 0.717) is 18.0 Å². The SMILES string of the molecule is O=C1COc2ccccc2N1CC(=O)N1CCCC1Cn1cccn1. The Morgan fingerprint density at radius 2 is 2.16 bits per heavy atom. The second-order valence-electron chi connectivity index (χ2n) is 6.35. The van der Waals surface area contributed by atoms with Crippen molar-refractivity contribution in [1.82, 2.24) is 14.7 Å². The van der Waals surface area contributed by atoms with E-state index in [-0.39, 0.29) is 31.0 Å². The average Bonchev–Trinajstić information content (AvgIpc) is 3.30. The number of carbonyl (C=O) groups is 2. The Kier molecular flexibility index (Phi) is 4.13. The molecule has 0 N–H and O–H groups in total. The van der Waals surface area contributed by atoms with Gasteiger partial charge in [-0.25, -0.2) is 0 Å². The van der Waals surface area contributed by atoms with Crippen LogP contribution in [0.4, 0.5) is 5.69 Å². The lowest BCUT2D eigenvalue weighted by Gasteiger charge is -2.32. The van der Waals surface area contributed by atoms with E-state index in [9.17, 15) is 9.59 Å². The molecular weight excluding hydrogens is 320 g/mol. The van der Waals surface area contributed by atoms with E-state index in [4.69, 9.17) is 4.74 Å². The lowest BCUT2D eigenvalue weighted by Crippen LogP contribution is -2.48. The minimum atomic E-state index is -0.185. The Bertz CT molecular complexity index is 774. The van der Waals surface area contributed by atoms with Crippen molar-refractivity contribution in [2.45, 2.75) is 25.4 Å². The molecule has 3 heterocycles. The third-order valence-corrected chi connectivity index (χ3v) is 4.76. The number of fused-ring (bicyclic) bond motifs is 1. The van der Waals surface area contributed by atoms with Gasteiger partial charge in [-0.15, -0.1) is 0 Å². The zero-order valence-electron chi connectivity index (χ0n) is 13.9. The van der Waals surface area contributed by atoms with Gasteiger partial charge in [-0.2, -0.15) is 5.10 Å². The molecule has 130 valence electrons. The van der Waals surface area contributed by atoms with Gasteiger partial charge in [0.15, 0.2) is 6.61 Å². The Morgan fingerprint density at radius 1 is 1.28 bits per heavy atom. The second-order valence-corrected chi connectivity index (χ2v) is 6.35. The molecule has 2 aliphatic heterocycles. The second kappa shape index (κ2) is 6.58. The molecule has 2 aliphatic rings. The van der Waals surface area contributed by atoms with Gasteiger partial charge in [0.1, 0.15) is 12.3 Å². The molecule has 7 heteroatoms. The van der Waals surface area contributed by atoms with Crippen molar-refractivity contribution in [3.63, 3.8) is 0 Å². The summed E-state index contributed by atoms with van der Waals surface area (Å²) in [5.74, 6) is 0.430. The molecule has 0 bridgehead atoms. The van der Waals surface area contributed by atoms with Gasteiger partial charge in [0.25, 0.3) is 5.91 Å². The molecular formula is C18H20N4O3. The van der Waals surface area contributed by atoms with E-state index in [1.807, 2.05) is 46.1 Å². The van der Waals surface area contributed by atoms with Gasteiger partial charge in [0, 0.05) is 18.9 Å². The molecule has 4 rings (SSSR count). The zero-order valence-corrected chi connectivity index (χ0v) is 13.9. The molecule has 2 aromatic rings. The summed E-state index contributed by atoms with van der Waals surface area (Å²) in [7, 11) is 0. The minimum absolute atomic E-state index is 0.0268. The summed E-state index contributed by atoms with van der Waals surface area (Å²) in [4.78, 5) is 28.5. The van der Waals surface area contributed by atoms with E-state index in [2.05, 4.69) is 5.10 Å². The van der Waals surface area contributed by atoms with Crippen LogP contribution in [0.3, 0.4) is 0 Å². The number of amides is 2. The number of rotatable bonds is 4. The van der Waals surface area contributed by atoms with Crippen LogP contribution < -0.4 is 9.64 Å². The van der Waals surface area contributed by atoms with Crippen molar-refractivity contribution in [2.24, 2.45) is 0 Å². The fourth-order valence-corrected chi connectivity index (χ4v) is 3.53. The first-order valence-corrected chi connectivity index (χ1v) is 8.51. The number of hydrogen-bond acceptors (Lipinski definition) is 4. The fraction of sp³-hybridized carbons (Fsp3) is 0.389. The van der Waals surface area contributed by atoms with Crippen LogP contribution in [0.5, 0.6) is 5.75 Å². The first kappa shape index (κ1) is 15.7. The van der Waals surface area contributed by atoms with Crippen molar-refractivity contribution < 1.29 is 14.3 Å². The van der Waals surface area contributed by atoms with Gasteiger partial charge >= 0.3 is 0 Å². The molecule has 1 aromatic heterocycles. The van der Waals surface area contributed by atoms with Crippen LogP contribution in [0.1, 0.15) is 12.8 Å². The maximum atomic E-state index is 12.9. The largest absolute Gasteiger partial charge is 0.482 e. The predicted molar refractivity (Wildman–Crippen MR) is 91.3 cm³/mol. The maximum Gasteiger partial charge on any atom is 0.265 e. The normalized spacial score (nSPS) is 19.7. The van der Waals surface area contributed by atoms with E-state index < -0.39 is 0 Å². The molecule has 25 heavy (non-hydrogen) atoms. The van der Waals surface area contributed by atoms with Crippen molar-refractivity contribution in [2.75, 3.05) is 24.6 Å². The standard InChI is InChI=1S/C18H20N4O3/c23-17(21-10-3-5-14(21)11-20-9-4-8-19-20)12-22-15-6-1-2-7-16(15)25-13-18(22)24/h1-2,4,6-9,14H,3,5,10-13H2. The number of anilines is 1. The molecule has 0 spiro atoms. The van der Waals surface area contributed by atoms with Crippen molar-refractivity contribution >= 4 is 17.5 Å². The van der Waals surface area contributed by atoms with E-state index >= 15 is 0 Å². The van der Waals surface area contributed by atoms with Crippen LogP contribution in [0.25, 0.3) is 0 Å². The maximum absolute atomic E-state index is 12.9. The first-order valence-electron chi connectivity index (χ1n) is 8.51. The highest BCUT2D eigenvalue weighted by Gasteiger charge is 2.33. The van der Waals surface area contributed by atoms with E-state index in [0.717, 1.165) is 19.4 Å². The van der Waals surface area contributed by atoms with Gasteiger partial charge in [0.2, 0.25) is 5.91 Å². The van der Waals surface area contributed by atoms with Crippen molar-refractivity contribution in [3.05, 3.63) is 42.7 Å². The molecule has 2 amide bonds. The fourth-order valence-electron chi connectivity index (χ4n) is 3.53. The summed E-state index contributed by atoms with van der Waals surface area (Å²) in [5.41, 5.74) is 0.662. The molecule has 1 aromatic carbocycles. The Labute approximate surface area is 145 Å². The lowest BCUT2D eigenvalue weighted by atomic mass is 10.2. The number of para-hydroxylation sites is 2. The Balaban J connectivity index is 1.48. The van der Waals surface area contributed by atoms with Gasteiger partial charge < -0.3 is 9.64 Å². The zero-order chi connectivity index (χ0) is 17.2. The third-order valence-electron chi connectivity index (χ3n) is 4.76. The number of benzene rings is 1. The summed E-state index contributed by atoms with van der Waals surface area (Å²) in [6.45, 7) is 1.44. The van der Waals surface area contributed by atoms with Gasteiger partial charge in [-0.3, -0.25) is 19.2 Å². The lowest BCUT2D eigenvalue weighted by molar-refractivity contribution is -0.132. The minimum Gasteiger partial charge on any atom is -0.482 e. The smallest absolute Gasteiger partial charge is 0.265 e. The number of nitrogens with zero attached hydrogens (tertiary/aromatic N) is 4. The molecule has 1 fully saturated rings. The highest BCUT2D eigenvalue weighted by atomic mass is 16.5. The summed E-state index contributed by atoms with van der Waals surface area (Å²) in [5, 5.41) is 4.23. The summed E-state index contributed by atoms with van der Waals surface area (Å²) in [6, 6.07) is 9.33. The number of likely N-dealkylation sites (tertiary alicyclic amines) is 1. The molecule has 0 radical (unpaired) electrons. The van der Waals surface area contributed by atoms with Crippen LogP contribution in [-0.2, 0) is 16.1 Å². The highest BCUT2D eigenvalue weighted by molar-refractivity contribution is 6.02. The first-order chi connectivity index (χ1) is 12.2. The number of carbonyl (C=O) groups excluding carboxylic acids is 2. The molecule has 0 saturated carbocycles. The van der Waals surface area contributed by atoms with Crippen LogP contribution in [0, 0.1) is 0 Å². The van der Waals surface area contributed by atoms with Crippen LogP contribution >= 0.6 is 0 Å². The van der Waals surface area contributed by atoms with Crippen molar-refractivity contribution in [1.29, 1.82) is 0 Å². The van der Waals surface area contributed by atoms with Crippen LogP contribution in [0.15, 0.2) is 42.7 Å². The molecule has 7 nitrogen and oxygen atoms in total. The molecule has 1 unspecified atom stereocenters. The summed E-state index contributed by atoms with van der Waals surface area (Å²) in [6.07, 6.45) is 5.58.